The molecule has 0 radical (unpaired) electrons. The number of amides is 4. The molecule has 174 valence electrons. The average Bonchev–Trinajstić information content (AvgIpc) is 3.19. The summed E-state index contributed by atoms with van der Waals surface area (Å²) in [6.45, 7) is 5.29. The summed E-state index contributed by atoms with van der Waals surface area (Å²) in [4.78, 5) is 42.0. The van der Waals surface area contributed by atoms with Crippen LogP contribution in [-0.4, -0.2) is 59.8 Å². The molecule has 4 aliphatic heterocycles. The first-order valence-corrected chi connectivity index (χ1v) is 12.1. The lowest BCUT2D eigenvalue weighted by molar-refractivity contribution is -0.128. The second-order valence-electron chi connectivity index (χ2n) is 8.67. The fraction of sp³-hybridized carbons (Fsp3) is 0.435. The van der Waals surface area contributed by atoms with Crippen molar-refractivity contribution in [2.75, 3.05) is 24.5 Å². The maximum Gasteiger partial charge on any atom is 0.326 e. The lowest BCUT2D eigenvalue weighted by Gasteiger charge is -2.45. The Morgan fingerprint density at radius 2 is 2.09 bits per heavy atom. The second kappa shape index (κ2) is 8.83. The number of halogens is 1. The highest BCUT2D eigenvalue weighted by Crippen LogP contribution is 2.48. The van der Waals surface area contributed by atoms with Crippen LogP contribution in [0.15, 0.2) is 47.5 Å². The molecule has 0 bridgehead atoms. The monoisotopic (exact) mass is 471 g/mol. The number of para-hydroxylation sites is 1. The predicted octanol–water partition coefficient (Wildman–Crippen LogP) is 1.91. The Morgan fingerprint density at radius 3 is 2.88 bits per heavy atom. The number of hydrogen-bond donors (Lipinski definition) is 3. The highest BCUT2D eigenvalue weighted by molar-refractivity contribution is 8.04. The van der Waals surface area contributed by atoms with Crippen molar-refractivity contribution in [3.63, 3.8) is 0 Å². The Morgan fingerprint density at radius 1 is 1.27 bits per heavy atom. The van der Waals surface area contributed by atoms with Crippen LogP contribution in [-0.2, 0) is 9.59 Å². The molecular weight excluding hydrogens is 445 g/mol. The van der Waals surface area contributed by atoms with Gasteiger partial charge in [-0.3, -0.25) is 14.5 Å². The number of nitrogens with one attached hydrogen (secondary N) is 3. The molecule has 3 fully saturated rings. The molecule has 5 rings (SSSR count). The number of carbonyl (C=O) groups is 3. The molecule has 0 aliphatic carbocycles. The minimum Gasteiger partial charge on any atom is -0.347 e. The van der Waals surface area contributed by atoms with Gasteiger partial charge >= 0.3 is 6.03 Å². The van der Waals surface area contributed by atoms with Gasteiger partial charge in [0.05, 0.1) is 22.0 Å². The predicted molar refractivity (Wildman–Crippen MR) is 124 cm³/mol. The molecule has 3 saturated heterocycles. The topological polar surface area (TPSA) is 93.8 Å². The van der Waals surface area contributed by atoms with Crippen molar-refractivity contribution in [2.24, 2.45) is 5.92 Å². The first kappa shape index (κ1) is 22.0. The van der Waals surface area contributed by atoms with Crippen molar-refractivity contribution in [1.29, 1.82) is 0 Å². The maximum atomic E-state index is 14.5. The zero-order valence-corrected chi connectivity index (χ0v) is 18.9. The van der Waals surface area contributed by atoms with Crippen molar-refractivity contribution in [2.45, 2.75) is 36.7 Å². The van der Waals surface area contributed by atoms with Crippen LogP contribution in [0.2, 0.25) is 0 Å². The number of thioether (sulfide) groups is 1. The largest absolute Gasteiger partial charge is 0.347 e. The maximum absolute atomic E-state index is 14.5. The molecule has 10 heteroatoms. The first-order valence-electron chi connectivity index (χ1n) is 11.2. The Balaban J connectivity index is 1.38. The van der Waals surface area contributed by atoms with Crippen LogP contribution in [0.5, 0.6) is 0 Å². The molecule has 0 saturated carbocycles. The van der Waals surface area contributed by atoms with E-state index in [1.54, 1.807) is 23.1 Å². The number of likely N-dealkylation sites (tertiary alicyclic amines) is 1. The quantitative estimate of drug-likeness (QED) is 0.584. The number of urea groups is 1. The van der Waals surface area contributed by atoms with E-state index in [2.05, 4.69) is 22.5 Å². The lowest BCUT2D eigenvalue weighted by Crippen LogP contribution is -2.62. The average molecular weight is 472 g/mol. The Hall–Kier alpha value is -2.85. The van der Waals surface area contributed by atoms with Gasteiger partial charge in [-0.1, -0.05) is 30.5 Å². The molecule has 4 atom stereocenters. The number of hydrogen-bond acceptors (Lipinski definition) is 5. The number of anilines is 1. The SMILES string of the molecule is C=CC(=O)N1CCC[C@@H](NC(=O)C2=C3NC(=O)N(c4ccccc4F)C4CCNC(S2)C34)C1. The number of carbonyl (C=O) groups excluding carboxylic acids is 3. The van der Waals surface area contributed by atoms with Gasteiger partial charge in [0.1, 0.15) is 5.82 Å². The van der Waals surface area contributed by atoms with Gasteiger partial charge in [0.2, 0.25) is 5.91 Å². The summed E-state index contributed by atoms with van der Waals surface area (Å²) in [5, 5.41) is 9.29. The summed E-state index contributed by atoms with van der Waals surface area (Å²) < 4.78 is 14.5. The van der Waals surface area contributed by atoms with E-state index in [1.807, 2.05) is 0 Å². The molecule has 8 nitrogen and oxygen atoms in total. The van der Waals surface area contributed by atoms with E-state index in [0.29, 0.717) is 36.7 Å². The van der Waals surface area contributed by atoms with Crippen molar-refractivity contribution in [3.8, 4) is 0 Å². The summed E-state index contributed by atoms with van der Waals surface area (Å²) in [6, 6.07) is 5.43. The molecule has 0 spiro atoms. The minimum absolute atomic E-state index is 0.0837. The van der Waals surface area contributed by atoms with Crippen molar-refractivity contribution < 1.29 is 18.8 Å². The van der Waals surface area contributed by atoms with Gasteiger partial charge in [0.25, 0.3) is 5.91 Å². The summed E-state index contributed by atoms with van der Waals surface area (Å²) in [6.07, 6.45) is 3.52. The summed E-state index contributed by atoms with van der Waals surface area (Å²) in [5.41, 5.74) is 0.851. The molecule has 1 aromatic carbocycles. The fourth-order valence-corrected chi connectivity index (χ4v) is 6.62. The van der Waals surface area contributed by atoms with Crippen LogP contribution in [0.3, 0.4) is 0 Å². The van der Waals surface area contributed by atoms with Gasteiger partial charge in [-0.25, -0.2) is 9.18 Å². The Labute approximate surface area is 195 Å². The van der Waals surface area contributed by atoms with E-state index in [1.165, 1.54) is 28.8 Å². The van der Waals surface area contributed by atoms with Crippen LogP contribution in [0.1, 0.15) is 19.3 Å². The highest BCUT2D eigenvalue weighted by Gasteiger charge is 2.52. The molecular formula is C23H26FN5O3S. The van der Waals surface area contributed by atoms with Gasteiger partial charge in [-0.2, -0.15) is 0 Å². The van der Waals surface area contributed by atoms with Gasteiger partial charge in [-0.05, 0) is 44.0 Å². The normalized spacial score (nSPS) is 28.8. The molecule has 4 aliphatic rings. The molecule has 33 heavy (non-hydrogen) atoms. The molecule has 1 aromatic rings. The molecule has 0 aromatic heterocycles. The highest BCUT2D eigenvalue weighted by atomic mass is 32.2. The zero-order valence-electron chi connectivity index (χ0n) is 18.1. The lowest BCUT2D eigenvalue weighted by atomic mass is 9.86. The fourth-order valence-electron chi connectivity index (χ4n) is 5.22. The summed E-state index contributed by atoms with van der Waals surface area (Å²) >= 11 is 1.41. The van der Waals surface area contributed by atoms with E-state index < -0.39 is 11.8 Å². The van der Waals surface area contributed by atoms with E-state index in [9.17, 15) is 18.8 Å². The number of piperidine rings is 2. The summed E-state index contributed by atoms with van der Waals surface area (Å²) in [5.74, 6) is -0.985. The molecule has 4 amide bonds. The number of nitrogens with zero attached hydrogens (tertiary/aromatic N) is 2. The van der Waals surface area contributed by atoms with Crippen molar-refractivity contribution >= 4 is 35.3 Å². The van der Waals surface area contributed by atoms with Gasteiger partial charge in [0, 0.05) is 30.7 Å². The molecule has 3 unspecified atom stereocenters. The minimum atomic E-state index is -0.449. The van der Waals surface area contributed by atoms with Crippen molar-refractivity contribution in [1.82, 2.24) is 20.9 Å². The first-order chi connectivity index (χ1) is 16.0. The summed E-state index contributed by atoms with van der Waals surface area (Å²) in [7, 11) is 0. The van der Waals surface area contributed by atoms with Gasteiger partial charge in [-0.15, -0.1) is 0 Å². The molecule has 4 heterocycles. The van der Waals surface area contributed by atoms with Gasteiger partial charge < -0.3 is 20.9 Å². The Bertz CT molecular complexity index is 1050. The molecule has 3 N–H and O–H groups in total. The van der Waals surface area contributed by atoms with Crippen LogP contribution in [0.4, 0.5) is 14.9 Å². The van der Waals surface area contributed by atoms with E-state index in [-0.39, 0.29) is 40.9 Å². The second-order valence-corrected chi connectivity index (χ2v) is 9.82. The van der Waals surface area contributed by atoms with Crippen molar-refractivity contribution in [3.05, 3.63) is 53.3 Å². The standard InChI is InChI=1S/C23H26FN5O3S/c1-2-17(30)28-11-5-6-13(12-28)26-21(31)20-19-18-16(9-10-25-22(18)33-20)29(23(32)27-19)15-8-4-3-7-14(15)24/h2-4,7-8,13,16,18,22,25H,1,5-6,9-12H2,(H,26,31)(H,27,32)/t13-,16?,18?,22?/m1/s1. The van der Waals surface area contributed by atoms with E-state index in [0.717, 1.165) is 12.8 Å². The van der Waals surface area contributed by atoms with Crippen LogP contribution >= 0.6 is 11.8 Å². The third kappa shape index (κ3) is 3.91. The van der Waals surface area contributed by atoms with Crippen LogP contribution < -0.4 is 20.9 Å². The van der Waals surface area contributed by atoms with E-state index >= 15 is 0 Å². The number of benzene rings is 1. The van der Waals surface area contributed by atoms with Crippen LogP contribution in [0.25, 0.3) is 0 Å². The third-order valence-corrected chi connectivity index (χ3v) is 8.06. The Kier molecular flexibility index (Phi) is 5.88. The number of rotatable bonds is 4. The van der Waals surface area contributed by atoms with E-state index in [4.69, 9.17) is 0 Å². The van der Waals surface area contributed by atoms with Crippen LogP contribution in [0, 0.1) is 11.7 Å². The third-order valence-electron chi connectivity index (χ3n) is 6.70. The smallest absolute Gasteiger partial charge is 0.326 e. The zero-order chi connectivity index (χ0) is 23.1. The van der Waals surface area contributed by atoms with Gasteiger partial charge in [0.15, 0.2) is 0 Å².